The topological polar surface area (TPSA) is 40.2 Å². The number of rotatable bonds is 16. The monoisotopic (exact) mass is 687 g/mol. The number of pyridine rings is 1. The Bertz CT molecular complexity index is 1020. The molecule has 0 atom stereocenters. The number of nitrogens with zero attached hydrogens (tertiary/aromatic N) is 2. The number of halogens is 2. The van der Waals surface area contributed by atoms with E-state index in [1.165, 1.54) is 44.8 Å². The molecule has 3 rings (SSSR count). The van der Waals surface area contributed by atoms with Gasteiger partial charge in [0.05, 0.1) is 5.69 Å². The summed E-state index contributed by atoms with van der Waals surface area (Å²) in [7, 11) is 0. The molecule has 2 N–H and O–H groups in total. The minimum atomic E-state index is 0. The van der Waals surface area contributed by atoms with E-state index >= 15 is 0 Å². The molecule has 0 spiro atoms. The van der Waals surface area contributed by atoms with Gasteiger partial charge in [-0.15, -0.1) is 0 Å². The largest absolute Gasteiger partial charge is 2.00 e. The molecule has 41 heavy (non-hydrogen) atoms. The molecule has 1 aromatic heterocycles. The standard InChI is InChI=1S/C34H50N4.2ClH.Rh/c1-7-26-21-28(9-3)33(29(10-4)22-26)36-17-19-38(25-32-15-13-14-16-35-32)20-18-37-34-30(11-5)23-27(8-2)24-31(34)12-6;;;/h13-16,21-24,36-37H,7-12,17-20,25H2,1-6H3;2*1H;/q;;;+2/p-2. The predicted molar refractivity (Wildman–Crippen MR) is 166 cm³/mol. The van der Waals surface area contributed by atoms with Crippen LogP contribution in [0.4, 0.5) is 11.4 Å². The van der Waals surface area contributed by atoms with Crippen molar-refractivity contribution in [1.82, 2.24) is 9.88 Å². The minimum Gasteiger partial charge on any atom is -1.00 e. The summed E-state index contributed by atoms with van der Waals surface area (Å²) in [6, 6.07) is 15.8. The van der Waals surface area contributed by atoms with E-state index in [-0.39, 0.29) is 44.3 Å². The van der Waals surface area contributed by atoms with Gasteiger partial charge in [0.15, 0.2) is 0 Å². The van der Waals surface area contributed by atoms with Crippen LogP contribution in [0.25, 0.3) is 0 Å². The first-order chi connectivity index (χ1) is 18.6. The molecular weight excluding hydrogens is 638 g/mol. The van der Waals surface area contributed by atoms with Crippen molar-refractivity contribution >= 4 is 11.4 Å². The zero-order chi connectivity index (χ0) is 27.3. The Hall–Kier alpha value is -1.65. The molecule has 0 saturated carbocycles. The first-order valence-corrected chi connectivity index (χ1v) is 15.0. The van der Waals surface area contributed by atoms with Crippen molar-refractivity contribution < 1.29 is 44.3 Å². The van der Waals surface area contributed by atoms with Crippen LogP contribution in [0.5, 0.6) is 0 Å². The van der Waals surface area contributed by atoms with Gasteiger partial charge in [0.1, 0.15) is 0 Å². The van der Waals surface area contributed by atoms with E-state index in [4.69, 9.17) is 0 Å². The zero-order valence-corrected chi connectivity index (χ0v) is 29.0. The molecule has 0 saturated heterocycles. The van der Waals surface area contributed by atoms with Crippen molar-refractivity contribution in [3.8, 4) is 0 Å². The molecule has 0 bridgehead atoms. The van der Waals surface area contributed by atoms with Gasteiger partial charge in [0.2, 0.25) is 0 Å². The first-order valence-electron chi connectivity index (χ1n) is 15.0. The molecule has 0 aliphatic carbocycles. The van der Waals surface area contributed by atoms with E-state index in [1.807, 2.05) is 12.3 Å². The van der Waals surface area contributed by atoms with Gasteiger partial charge >= 0.3 is 19.5 Å². The normalized spacial score (nSPS) is 10.4. The summed E-state index contributed by atoms with van der Waals surface area (Å²) in [6.45, 7) is 18.2. The molecule has 3 aromatic rings. The van der Waals surface area contributed by atoms with Crippen LogP contribution in [0.3, 0.4) is 0 Å². The maximum Gasteiger partial charge on any atom is 2.00 e. The van der Waals surface area contributed by atoms with Gasteiger partial charge < -0.3 is 35.4 Å². The number of aryl methyl sites for hydroxylation is 6. The van der Waals surface area contributed by atoms with Crippen LogP contribution in [0.2, 0.25) is 0 Å². The summed E-state index contributed by atoms with van der Waals surface area (Å²) < 4.78 is 0. The molecule has 0 unspecified atom stereocenters. The second kappa shape index (κ2) is 21.1. The summed E-state index contributed by atoms with van der Waals surface area (Å²) in [5.74, 6) is 0. The second-order valence-electron chi connectivity index (χ2n) is 10.2. The zero-order valence-electron chi connectivity index (χ0n) is 25.9. The first kappa shape index (κ1) is 39.4. The Morgan fingerprint density at radius 1 is 0.610 bits per heavy atom. The molecule has 229 valence electrons. The number of aromatic nitrogens is 1. The van der Waals surface area contributed by atoms with E-state index in [1.54, 1.807) is 0 Å². The average molecular weight is 689 g/mol. The number of anilines is 2. The molecule has 2 aromatic carbocycles. The third-order valence-electron chi connectivity index (χ3n) is 7.63. The second-order valence-corrected chi connectivity index (χ2v) is 10.2. The summed E-state index contributed by atoms with van der Waals surface area (Å²) in [6.07, 6.45) is 8.30. The van der Waals surface area contributed by atoms with Gasteiger partial charge in [-0.05, 0) is 84.0 Å². The quantitative estimate of drug-likeness (QED) is 0.224. The van der Waals surface area contributed by atoms with Gasteiger partial charge in [-0.3, -0.25) is 9.88 Å². The minimum absolute atomic E-state index is 0. The van der Waals surface area contributed by atoms with Crippen molar-refractivity contribution in [2.45, 2.75) is 86.6 Å². The number of nitrogens with one attached hydrogen (secondary N) is 2. The average Bonchev–Trinajstić information content (AvgIpc) is 2.97. The maximum atomic E-state index is 4.62. The van der Waals surface area contributed by atoms with E-state index in [2.05, 4.69) is 98.5 Å². The number of benzene rings is 2. The third kappa shape index (κ3) is 11.5. The van der Waals surface area contributed by atoms with Crippen LogP contribution in [0, 0.1) is 0 Å². The Labute approximate surface area is 275 Å². The molecule has 1 heterocycles. The number of hydrogen-bond donors (Lipinski definition) is 2. The van der Waals surface area contributed by atoms with Crippen molar-refractivity contribution in [2.24, 2.45) is 0 Å². The van der Waals surface area contributed by atoms with Gasteiger partial charge in [-0.1, -0.05) is 71.9 Å². The molecule has 0 amide bonds. The third-order valence-corrected chi connectivity index (χ3v) is 7.63. The van der Waals surface area contributed by atoms with Crippen LogP contribution >= 0.6 is 0 Å². The molecule has 7 heteroatoms. The fourth-order valence-electron chi connectivity index (χ4n) is 5.33. The fourth-order valence-corrected chi connectivity index (χ4v) is 5.33. The van der Waals surface area contributed by atoms with Gasteiger partial charge in [-0.2, -0.15) is 0 Å². The molecular formula is C34H50Cl2N4Rh. The maximum absolute atomic E-state index is 4.62. The summed E-state index contributed by atoms with van der Waals surface area (Å²) >= 11 is 0. The molecule has 0 aliphatic heterocycles. The van der Waals surface area contributed by atoms with E-state index < -0.39 is 0 Å². The van der Waals surface area contributed by atoms with Gasteiger partial charge in [-0.25, -0.2) is 0 Å². The summed E-state index contributed by atoms with van der Waals surface area (Å²) in [4.78, 5) is 7.14. The fraction of sp³-hybridized carbons (Fsp3) is 0.500. The number of hydrogen-bond acceptors (Lipinski definition) is 4. The SMILES string of the molecule is CCc1cc(CC)c(NCCN(CCNc2c(CC)cc(CC)cc2CC)Cc2ccccn2)c(CC)c1.[Cl-].[Cl-].[Rh+2]. The van der Waals surface area contributed by atoms with Crippen LogP contribution in [-0.2, 0) is 64.5 Å². The molecule has 4 nitrogen and oxygen atoms in total. The molecule has 0 fully saturated rings. The smallest absolute Gasteiger partial charge is 1.00 e. The Morgan fingerprint density at radius 3 is 1.34 bits per heavy atom. The summed E-state index contributed by atoms with van der Waals surface area (Å²) in [5.41, 5.74) is 12.5. The van der Waals surface area contributed by atoms with Crippen molar-refractivity contribution in [1.29, 1.82) is 0 Å². The van der Waals surface area contributed by atoms with Gasteiger partial charge in [0, 0.05) is 50.3 Å². The molecule has 0 aliphatic rings. The van der Waals surface area contributed by atoms with Crippen LogP contribution in [0.15, 0.2) is 48.7 Å². The van der Waals surface area contributed by atoms with E-state index in [9.17, 15) is 0 Å². The van der Waals surface area contributed by atoms with Crippen molar-refractivity contribution in [2.75, 3.05) is 36.8 Å². The van der Waals surface area contributed by atoms with E-state index in [0.717, 1.165) is 76.9 Å². The Morgan fingerprint density at radius 2 is 1.02 bits per heavy atom. The summed E-state index contributed by atoms with van der Waals surface area (Å²) in [5, 5.41) is 7.65. The van der Waals surface area contributed by atoms with Gasteiger partial charge in [0.25, 0.3) is 0 Å². The Balaban J connectivity index is 0.00000533. The van der Waals surface area contributed by atoms with Crippen LogP contribution in [0.1, 0.15) is 80.6 Å². The van der Waals surface area contributed by atoms with E-state index in [0.29, 0.717) is 0 Å². The predicted octanol–water partition coefficient (Wildman–Crippen LogP) is 1.49. The van der Waals surface area contributed by atoms with Crippen molar-refractivity contribution in [3.63, 3.8) is 0 Å². The van der Waals surface area contributed by atoms with Crippen LogP contribution in [-0.4, -0.2) is 36.1 Å². The van der Waals surface area contributed by atoms with Crippen molar-refractivity contribution in [3.05, 3.63) is 87.7 Å². The molecule has 1 radical (unpaired) electrons. The van der Waals surface area contributed by atoms with Crippen LogP contribution < -0.4 is 35.4 Å². The Kier molecular flexibility index (Phi) is 20.3.